The Kier molecular flexibility index (Phi) is 7.32. The van der Waals surface area contributed by atoms with Gasteiger partial charge in [-0.25, -0.2) is 4.79 Å². The fourth-order valence-corrected chi connectivity index (χ4v) is 3.56. The van der Waals surface area contributed by atoms with Gasteiger partial charge in [0.15, 0.2) is 6.61 Å². The molecule has 0 fully saturated rings. The summed E-state index contributed by atoms with van der Waals surface area (Å²) >= 11 is 5.88. The third-order valence-electron chi connectivity index (χ3n) is 5.05. The van der Waals surface area contributed by atoms with Crippen LogP contribution in [0.3, 0.4) is 0 Å². The van der Waals surface area contributed by atoms with Gasteiger partial charge in [-0.05, 0) is 67.4 Å². The minimum atomic E-state index is -0.366. The van der Waals surface area contributed by atoms with E-state index in [-0.39, 0.29) is 18.5 Å². The van der Waals surface area contributed by atoms with Crippen LogP contribution in [0.4, 0.5) is 21.9 Å². The van der Waals surface area contributed by atoms with Crippen molar-refractivity contribution in [2.45, 2.75) is 12.8 Å². The number of anilines is 3. The maximum atomic E-state index is 12.5. The lowest BCUT2D eigenvalue weighted by Gasteiger charge is -2.30. The molecule has 0 bridgehead atoms. The number of amides is 3. The second-order valence-electron chi connectivity index (χ2n) is 7.47. The minimum Gasteiger partial charge on any atom is -0.494 e. The molecule has 4 rings (SSSR count). The van der Waals surface area contributed by atoms with Crippen LogP contribution in [-0.4, -0.2) is 31.7 Å². The largest absolute Gasteiger partial charge is 0.494 e. The van der Waals surface area contributed by atoms with Crippen LogP contribution in [-0.2, 0) is 4.79 Å². The van der Waals surface area contributed by atoms with Gasteiger partial charge < -0.3 is 25.0 Å². The van der Waals surface area contributed by atoms with Gasteiger partial charge in [-0.2, -0.15) is 0 Å². The number of halogens is 1. The van der Waals surface area contributed by atoms with E-state index in [1.54, 1.807) is 47.4 Å². The van der Waals surface area contributed by atoms with E-state index < -0.39 is 0 Å². The lowest BCUT2D eigenvalue weighted by molar-refractivity contribution is -0.121. The lowest BCUT2D eigenvalue weighted by atomic mass is 10.2. The third kappa shape index (κ3) is 6.17. The molecule has 3 aromatic rings. The highest BCUT2D eigenvalue weighted by molar-refractivity contribution is 6.30. The van der Waals surface area contributed by atoms with Crippen LogP contribution in [0.15, 0.2) is 72.8 Å². The molecule has 8 heteroatoms. The summed E-state index contributed by atoms with van der Waals surface area (Å²) in [6, 6.07) is 21.3. The number of nitrogens with one attached hydrogen (secondary N) is 2. The van der Waals surface area contributed by atoms with Crippen molar-refractivity contribution in [2.75, 3.05) is 35.3 Å². The first-order valence-corrected chi connectivity index (χ1v) is 11.0. The first kappa shape index (κ1) is 22.5. The van der Waals surface area contributed by atoms with Crippen molar-refractivity contribution < 1.29 is 19.1 Å². The van der Waals surface area contributed by atoms with Gasteiger partial charge in [0, 0.05) is 22.9 Å². The standard InChI is InChI=1S/C25H24ClN3O4/c26-18-8-11-21(12-9-18)32-15-5-4-14-29-22-16-20(10-13-23(22)33-17-24(29)30)28-25(31)27-19-6-2-1-3-7-19/h1-3,6-13,16H,4-5,14-15,17H2,(H2,27,28,31). The van der Waals surface area contributed by atoms with Gasteiger partial charge in [0.2, 0.25) is 0 Å². The van der Waals surface area contributed by atoms with E-state index in [9.17, 15) is 9.59 Å². The fraction of sp³-hybridized carbons (Fsp3) is 0.200. The summed E-state index contributed by atoms with van der Waals surface area (Å²) in [6.45, 7) is 1.06. The average Bonchev–Trinajstić information content (AvgIpc) is 2.82. The zero-order chi connectivity index (χ0) is 23.0. The smallest absolute Gasteiger partial charge is 0.323 e. The van der Waals surface area contributed by atoms with Crippen LogP contribution >= 0.6 is 11.6 Å². The SMILES string of the molecule is O=C(Nc1ccccc1)Nc1ccc2c(c1)N(CCCCOc1ccc(Cl)cc1)C(=O)CO2. The normalized spacial score (nSPS) is 12.5. The second-order valence-corrected chi connectivity index (χ2v) is 7.91. The molecule has 0 saturated heterocycles. The fourth-order valence-electron chi connectivity index (χ4n) is 3.43. The molecule has 3 amide bonds. The zero-order valence-corrected chi connectivity index (χ0v) is 18.7. The van der Waals surface area contributed by atoms with Crippen molar-refractivity contribution in [3.05, 3.63) is 77.8 Å². The molecular formula is C25H24ClN3O4. The topological polar surface area (TPSA) is 79.9 Å². The number of carbonyl (C=O) groups excluding carboxylic acids is 2. The van der Waals surface area contributed by atoms with E-state index in [2.05, 4.69) is 10.6 Å². The monoisotopic (exact) mass is 465 g/mol. The Morgan fingerprint density at radius 1 is 0.970 bits per heavy atom. The van der Waals surface area contributed by atoms with Crippen molar-refractivity contribution in [1.82, 2.24) is 0 Å². The molecule has 33 heavy (non-hydrogen) atoms. The second kappa shape index (κ2) is 10.7. The molecule has 0 aromatic heterocycles. The molecule has 7 nitrogen and oxygen atoms in total. The molecule has 170 valence electrons. The average molecular weight is 466 g/mol. The lowest BCUT2D eigenvalue weighted by Crippen LogP contribution is -2.39. The van der Waals surface area contributed by atoms with E-state index in [0.29, 0.717) is 41.0 Å². The third-order valence-corrected chi connectivity index (χ3v) is 5.30. The van der Waals surface area contributed by atoms with E-state index in [4.69, 9.17) is 21.1 Å². The molecule has 0 aliphatic carbocycles. The Bertz CT molecular complexity index is 1110. The number of rotatable bonds is 8. The van der Waals surface area contributed by atoms with Gasteiger partial charge in [-0.3, -0.25) is 4.79 Å². The highest BCUT2D eigenvalue weighted by Gasteiger charge is 2.25. The summed E-state index contributed by atoms with van der Waals surface area (Å²) < 4.78 is 11.3. The number of ether oxygens (including phenoxy) is 2. The van der Waals surface area contributed by atoms with Crippen molar-refractivity contribution in [3.63, 3.8) is 0 Å². The maximum Gasteiger partial charge on any atom is 0.323 e. The summed E-state index contributed by atoms with van der Waals surface area (Å²) in [5.41, 5.74) is 1.90. The number of urea groups is 1. The molecule has 1 aliphatic heterocycles. The van der Waals surface area contributed by atoms with E-state index in [1.807, 2.05) is 30.3 Å². The van der Waals surface area contributed by atoms with Crippen LogP contribution in [0.2, 0.25) is 5.02 Å². The number of hydrogen-bond acceptors (Lipinski definition) is 4. The first-order valence-electron chi connectivity index (χ1n) is 10.7. The minimum absolute atomic E-state index is 0.00442. The van der Waals surface area contributed by atoms with Gasteiger partial charge in [-0.1, -0.05) is 29.8 Å². The maximum absolute atomic E-state index is 12.5. The Morgan fingerprint density at radius 2 is 1.73 bits per heavy atom. The van der Waals surface area contributed by atoms with Gasteiger partial charge >= 0.3 is 6.03 Å². The van der Waals surface area contributed by atoms with Crippen LogP contribution in [0.1, 0.15) is 12.8 Å². The molecule has 1 aliphatic rings. The van der Waals surface area contributed by atoms with E-state index in [0.717, 1.165) is 18.6 Å². The number of benzene rings is 3. The summed E-state index contributed by atoms with van der Waals surface area (Å²) in [4.78, 5) is 26.5. The summed E-state index contributed by atoms with van der Waals surface area (Å²) in [7, 11) is 0. The Hall–Kier alpha value is -3.71. The van der Waals surface area contributed by atoms with Gasteiger partial charge in [0.1, 0.15) is 11.5 Å². The van der Waals surface area contributed by atoms with Crippen LogP contribution in [0, 0.1) is 0 Å². The number of unbranched alkanes of at least 4 members (excludes halogenated alkanes) is 1. The first-order chi connectivity index (χ1) is 16.1. The Labute approximate surface area is 197 Å². The molecule has 0 radical (unpaired) electrons. The number of fused-ring (bicyclic) bond motifs is 1. The molecule has 0 saturated carbocycles. The number of hydrogen-bond donors (Lipinski definition) is 2. The van der Waals surface area contributed by atoms with Gasteiger partial charge in [0.05, 0.1) is 12.3 Å². The number of nitrogens with zero attached hydrogens (tertiary/aromatic N) is 1. The van der Waals surface area contributed by atoms with Crippen molar-refractivity contribution in [3.8, 4) is 11.5 Å². The van der Waals surface area contributed by atoms with Crippen molar-refractivity contribution in [1.29, 1.82) is 0 Å². The highest BCUT2D eigenvalue weighted by Crippen LogP contribution is 2.35. The predicted octanol–water partition coefficient (Wildman–Crippen LogP) is 5.57. The molecule has 0 atom stereocenters. The number of para-hydroxylation sites is 1. The predicted molar refractivity (Wildman–Crippen MR) is 130 cm³/mol. The quantitative estimate of drug-likeness (QED) is 0.426. The molecule has 0 spiro atoms. The van der Waals surface area contributed by atoms with Crippen LogP contribution in [0.25, 0.3) is 0 Å². The molecule has 2 N–H and O–H groups in total. The van der Waals surface area contributed by atoms with Gasteiger partial charge in [0.25, 0.3) is 5.91 Å². The molecule has 3 aromatic carbocycles. The Balaban J connectivity index is 1.33. The van der Waals surface area contributed by atoms with Gasteiger partial charge in [-0.15, -0.1) is 0 Å². The highest BCUT2D eigenvalue weighted by atomic mass is 35.5. The van der Waals surface area contributed by atoms with Crippen LogP contribution in [0.5, 0.6) is 11.5 Å². The number of carbonyl (C=O) groups is 2. The summed E-state index contributed by atoms with van der Waals surface area (Å²) in [5, 5.41) is 6.24. The van der Waals surface area contributed by atoms with E-state index in [1.165, 1.54) is 0 Å². The van der Waals surface area contributed by atoms with E-state index >= 15 is 0 Å². The Morgan fingerprint density at radius 3 is 2.52 bits per heavy atom. The van der Waals surface area contributed by atoms with Crippen molar-refractivity contribution in [2.24, 2.45) is 0 Å². The summed E-state index contributed by atoms with van der Waals surface area (Å²) in [6.07, 6.45) is 1.53. The molecular weight excluding hydrogens is 442 g/mol. The van der Waals surface area contributed by atoms with Crippen LogP contribution < -0.4 is 25.0 Å². The summed E-state index contributed by atoms with van der Waals surface area (Å²) in [5.74, 6) is 1.25. The molecule has 0 unspecified atom stereocenters. The van der Waals surface area contributed by atoms with Crippen molar-refractivity contribution >= 4 is 40.6 Å². The zero-order valence-electron chi connectivity index (χ0n) is 17.9. The molecule has 1 heterocycles.